The Morgan fingerprint density at radius 3 is 2.76 bits per heavy atom. The zero-order valence-electron chi connectivity index (χ0n) is 9.86. The summed E-state index contributed by atoms with van der Waals surface area (Å²) in [5, 5.41) is 3.01. The average molecular weight is 256 g/mol. The molecule has 0 atom stereocenters. The summed E-state index contributed by atoms with van der Waals surface area (Å²) in [5.41, 5.74) is 0. The predicted octanol–water partition coefficient (Wildman–Crippen LogP) is 0.689. The zero-order chi connectivity index (χ0) is 12.9. The molecule has 2 N–H and O–H groups in total. The molecule has 0 saturated carbocycles. The van der Waals surface area contributed by atoms with Gasteiger partial charge in [0.1, 0.15) is 5.76 Å². The van der Waals surface area contributed by atoms with Gasteiger partial charge in [-0.05, 0) is 12.1 Å². The highest BCUT2D eigenvalue weighted by Crippen LogP contribution is 2.13. The molecule has 1 heterocycles. The minimum absolute atomic E-state index is 0.0530. The molecule has 1 aromatic rings. The summed E-state index contributed by atoms with van der Waals surface area (Å²) < 4.78 is 30.7. The lowest BCUT2D eigenvalue weighted by molar-refractivity contribution is 0.393. The van der Waals surface area contributed by atoms with Crippen LogP contribution in [0.2, 0.25) is 0 Å². The Bertz CT molecular complexity index is 497. The monoisotopic (exact) mass is 256 g/mol. The molecule has 0 spiro atoms. The van der Waals surface area contributed by atoms with Crippen LogP contribution in [0.1, 0.15) is 19.6 Å². The molecule has 6 heteroatoms. The second kappa shape index (κ2) is 5.87. The van der Waals surface area contributed by atoms with E-state index in [2.05, 4.69) is 16.0 Å². The van der Waals surface area contributed by atoms with E-state index < -0.39 is 10.0 Å². The van der Waals surface area contributed by atoms with Gasteiger partial charge in [0, 0.05) is 6.04 Å². The lowest BCUT2D eigenvalue weighted by Crippen LogP contribution is -2.23. The standard InChI is InChI=1S/C11H16N2O3S/c1-4-7-13-17(14,15)11-6-5-10(16-11)8-12-9(2)3/h1,5-6,9,12-13H,7-8H2,2-3H3. The predicted molar refractivity (Wildman–Crippen MR) is 64.7 cm³/mol. The fraction of sp³-hybridized carbons (Fsp3) is 0.455. The summed E-state index contributed by atoms with van der Waals surface area (Å²) in [4.78, 5) is 0. The highest BCUT2D eigenvalue weighted by molar-refractivity contribution is 7.89. The van der Waals surface area contributed by atoms with Crippen molar-refractivity contribution in [2.75, 3.05) is 6.54 Å². The van der Waals surface area contributed by atoms with Gasteiger partial charge < -0.3 is 9.73 Å². The summed E-state index contributed by atoms with van der Waals surface area (Å²) in [6.07, 6.45) is 4.98. The molecule has 17 heavy (non-hydrogen) atoms. The number of hydrogen-bond donors (Lipinski definition) is 2. The first kappa shape index (κ1) is 13.8. The molecule has 0 aliphatic heterocycles. The van der Waals surface area contributed by atoms with Gasteiger partial charge in [-0.3, -0.25) is 0 Å². The van der Waals surface area contributed by atoms with Crippen LogP contribution in [0.25, 0.3) is 0 Å². The number of hydrogen-bond acceptors (Lipinski definition) is 4. The first-order valence-corrected chi connectivity index (χ1v) is 6.69. The molecule has 5 nitrogen and oxygen atoms in total. The van der Waals surface area contributed by atoms with E-state index in [0.717, 1.165) is 0 Å². The summed E-state index contributed by atoms with van der Waals surface area (Å²) in [7, 11) is -3.63. The number of nitrogens with one attached hydrogen (secondary N) is 2. The molecule has 0 fully saturated rings. The van der Waals surface area contributed by atoms with Crippen LogP contribution in [0.3, 0.4) is 0 Å². The summed E-state index contributed by atoms with van der Waals surface area (Å²) in [6, 6.07) is 3.34. The molecule has 0 amide bonds. The van der Waals surface area contributed by atoms with Gasteiger partial charge in [-0.25, -0.2) is 8.42 Å². The molecular formula is C11H16N2O3S. The van der Waals surface area contributed by atoms with Crippen molar-refractivity contribution in [2.24, 2.45) is 0 Å². The third-order valence-electron chi connectivity index (χ3n) is 1.95. The molecular weight excluding hydrogens is 240 g/mol. The largest absolute Gasteiger partial charge is 0.447 e. The van der Waals surface area contributed by atoms with Crippen LogP contribution in [-0.4, -0.2) is 21.0 Å². The highest BCUT2D eigenvalue weighted by atomic mass is 32.2. The fourth-order valence-corrected chi connectivity index (χ4v) is 1.99. The van der Waals surface area contributed by atoms with E-state index in [1.165, 1.54) is 6.07 Å². The Morgan fingerprint density at radius 1 is 1.47 bits per heavy atom. The van der Waals surface area contributed by atoms with E-state index in [1.807, 2.05) is 13.8 Å². The number of furan rings is 1. The lowest BCUT2D eigenvalue weighted by Gasteiger charge is -2.05. The van der Waals surface area contributed by atoms with Gasteiger partial charge in [0.15, 0.2) is 0 Å². The summed E-state index contributed by atoms with van der Waals surface area (Å²) in [5.74, 6) is 2.77. The Balaban J connectivity index is 2.71. The van der Waals surface area contributed by atoms with Crippen molar-refractivity contribution in [1.29, 1.82) is 0 Å². The van der Waals surface area contributed by atoms with Gasteiger partial charge in [0.05, 0.1) is 13.1 Å². The highest BCUT2D eigenvalue weighted by Gasteiger charge is 2.17. The van der Waals surface area contributed by atoms with Crippen molar-refractivity contribution in [3.63, 3.8) is 0 Å². The molecule has 94 valence electrons. The van der Waals surface area contributed by atoms with Crippen LogP contribution in [0, 0.1) is 12.3 Å². The fourth-order valence-electron chi connectivity index (χ4n) is 1.11. The summed E-state index contributed by atoms with van der Waals surface area (Å²) >= 11 is 0. The van der Waals surface area contributed by atoms with Crippen LogP contribution in [-0.2, 0) is 16.6 Å². The quantitative estimate of drug-likeness (QED) is 0.735. The molecule has 0 bridgehead atoms. The topological polar surface area (TPSA) is 71.3 Å². The number of terminal acetylenes is 1. The second-order valence-electron chi connectivity index (χ2n) is 3.79. The van der Waals surface area contributed by atoms with Gasteiger partial charge in [-0.1, -0.05) is 19.8 Å². The maximum absolute atomic E-state index is 11.6. The third-order valence-corrected chi connectivity index (χ3v) is 3.22. The van der Waals surface area contributed by atoms with Crippen LogP contribution in [0.4, 0.5) is 0 Å². The first-order valence-electron chi connectivity index (χ1n) is 5.21. The molecule has 0 aliphatic carbocycles. The normalized spacial score (nSPS) is 11.6. The van der Waals surface area contributed by atoms with Crippen molar-refractivity contribution >= 4 is 10.0 Å². The van der Waals surface area contributed by atoms with Crippen LogP contribution in [0.15, 0.2) is 21.6 Å². The van der Waals surface area contributed by atoms with E-state index >= 15 is 0 Å². The van der Waals surface area contributed by atoms with Gasteiger partial charge in [0.2, 0.25) is 5.09 Å². The Morgan fingerprint density at radius 2 is 2.18 bits per heavy atom. The SMILES string of the molecule is C#CCNS(=O)(=O)c1ccc(CNC(C)C)o1. The van der Waals surface area contributed by atoms with Crippen LogP contribution in [0.5, 0.6) is 0 Å². The number of sulfonamides is 1. The van der Waals surface area contributed by atoms with E-state index in [4.69, 9.17) is 10.8 Å². The minimum atomic E-state index is -3.63. The summed E-state index contributed by atoms with van der Waals surface area (Å²) in [6.45, 7) is 4.43. The van der Waals surface area contributed by atoms with Crippen molar-refractivity contribution < 1.29 is 12.8 Å². The molecule has 0 aliphatic rings. The van der Waals surface area contributed by atoms with Crippen molar-refractivity contribution in [2.45, 2.75) is 31.5 Å². The maximum atomic E-state index is 11.6. The van der Waals surface area contributed by atoms with E-state index in [-0.39, 0.29) is 11.6 Å². The Hall–Kier alpha value is -1.29. The number of rotatable bonds is 6. The van der Waals surface area contributed by atoms with Gasteiger partial charge >= 0.3 is 0 Å². The Kier molecular flexibility index (Phi) is 4.75. The van der Waals surface area contributed by atoms with E-state index in [9.17, 15) is 8.42 Å². The van der Waals surface area contributed by atoms with Crippen molar-refractivity contribution in [1.82, 2.24) is 10.0 Å². The molecule has 0 aromatic carbocycles. The second-order valence-corrected chi connectivity index (χ2v) is 5.48. The maximum Gasteiger partial charge on any atom is 0.274 e. The van der Waals surface area contributed by atoms with Gasteiger partial charge in [-0.2, -0.15) is 4.72 Å². The first-order chi connectivity index (χ1) is 7.95. The molecule has 1 aromatic heterocycles. The van der Waals surface area contributed by atoms with Crippen LogP contribution < -0.4 is 10.0 Å². The molecule has 0 unspecified atom stereocenters. The smallest absolute Gasteiger partial charge is 0.274 e. The molecule has 0 saturated heterocycles. The van der Waals surface area contributed by atoms with E-state index in [0.29, 0.717) is 18.3 Å². The van der Waals surface area contributed by atoms with E-state index in [1.54, 1.807) is 6.07 Å². The lowest BCUT2D eigenvalue weighted by atomic mass is 10.3. The van der Waals surface area contributed by atoms with Crippen molar-refractivity contribution in [3.8, 4) is 12.3 Å². The van der Waals surface area contributed by atoms with Gasteiger partial charge in [-0.15, -0.1) is 6.42 Å². The molecule has 1 rings (SSSR count). The van der Waals surface area contributed by atoms with Crippen molar-refractivity contribution in [3.05, 3.63) is 17.9 Å². The van der Waals surface area contributed by atoms with Gasteiger partial charge in [0.25, 0.3) is 10.0 Å². The third kappa shape index (κ3) is 4.23. The average Bonchev–Trinajstić information content (AvgIpc) is 2.73. The zero-order valence-corrected chi connectivity index (χ0v) is 10.7. The Labute approximate surface area is 102 Å². The molecule has 0 radical (unpaired) electrons. The minimum Gasteiger partial charge on any atom is -0.447 e. The van der Waals surface area contributed by atoms with Crippen LogP contribution >= 0.6 is 0 Å².